The molecule has 0 aliphatic rings. The Hall–Kier alpha value is -3.44. The minimum absolute atomic E-state index is 0.172. The lowest BCUT2D eigenvalue weighted by Gasteiger charge is -2.04. The monoisotopic (exact) mass is 428 g/mol. The van der Waals surface area contributed by atoms with Gasteiger partial charge in [-0.15, -0.1) is 11.3 Å². The number of aromatic nitrogens is 1. The van der Waals surface area contributed by atoms with E-state index in [9.17, 15) is 4.79 Å². The first-order valence-corrected chi connectivity index (χ1v) is 11.1. The molecule has 0 saturated carbocycles. The molecule has 0 atom stereocenters. The van der Waals surface area contributed by atoms with Gasteiger partial charge < -0.3 is 10.1 Å². The fourth-order valence-electron chi connectivity index (χ4n) is 3.10. The van der Waals surface area contributed by atoms with Gasteiger partial charge in [0.1, 0.15) is 10.8 Å². The van der Waals surface area contributed by atoms with Gasteiger partial charge in [0.2, 0.25) is 5.91 Å². The van der Waals surface area contributed by atoms with Crippen LogP contribution in [0.5, 0.6) is 5.75 Å². The van der Waals surface area contributed by atoms with Crippen molar-refractivity contribution < 1.29 is 9.53 Å². The quantitative estimate of drug-likeness (QED) is 0.333. The molecule has 1 heterocycles. The average Bonchev–Trinajstić information content (AvgIpc) is 3.20. The van der Waals surface area contributed by atoms with E-state index in [1.165, 1.54) is 16.3 Å². The van der Waals surface area contributed by atoms with Crippen LogP contribution < -0.4 is 10.1 Å². The molecule has 0 fully saturated rings. The van der Waals surface area contributed by atoms with E-state index in [1.807, 2.05) is 48.5 Å². The van der Waals surface area contributed by atoms with Crippen LogP contribution in [-0.2, 0) is 4.79 Å². The fourth-order valence-corrected chi connectivity index (χ4v) is 4.17. The molecular weight excluding hydrogens is 404 g/mol. The van der Waals surface area contributed by atoms with Gasteiger partial charge in [0.15, 0.2) is 0 Å². The maximum atomic E-state index is 12.3. The zero-order valence-electron chi connectivity index (χ0n) is 17.6. The predicted molar refractivity (Wildman–Crippen MR) is 130 cm³/mol. The van der Waals surface area contributed by atoms with Gasteiger partial charge in [-0.1, -0.05) is 25.1 Å². The first-order valence-electron chi connectivity index (χ1n) is 10.3. The third-order valence-electron chi connectivity index (χ3n) is 4.72. The Morgan fingerprint density at radius 3 is 2.58 bits per heavy atom. The van der Waals surface area contributed by atoms with Gasteiger partial charge in [-0.3, -0.25) is 4.79 Å². The van der Waals surface area contributed by atoms with Crippen molar-refractivity contribution in [2.75, 3.05) is 11.9 Å². The molecular formula is C26H24N2O2S. The van der Waals surface area contributed by atoms with Gasteiger partial charge in [0.05, 0.1) is 16.8 Å². The molecule has 1 N–H and O–H groups in total. The van der Waals surface area contributed by atoms with E-state index >= 15 is 0 Å². The molecule has 4 nitrogen and oxygen atoms in total. The smallest absolute Gasteiger partial charge is 0.248 e. The largest absolute Gasteiger partial charge is 0.494 e. The van der Waals surface area contributed by atoms with Crippen LogP contribution in [-0.4, -0.2) is 17.5 Å². The SMILES string of the molecule is CCCOc1ccc(/C=C/C(=O)Nc2ccc(-c3nc4ccc(C)cc4s3)cc2)cc1. The number of aryl methyl sites for hydroxylation is 1. The summed E-state index contributed by atoms with van der Waals surface area (Å²) in [5.41, 5.74) is 4.98. The average molecular weight is 429 g/mol. The summed E-state index contributed by atoms with van der Waals surface area (Å²) in [5.74, 6) is 0.668. The maximum Gasteiger partial charge on any atom is 0.248 e. The van der Waals surface area contributed by atoms with Crippen molar-refractivity contribution in [2.45, 2.75) is 20.3 Å². The number of hydrogen-bond acceptors (Lipinski definition) is 4. The number of hydrogen-bond donors (Lipinski definition) is 1. The number of fused-ring (bicyclic) bond motifs is 1. The zero-order chi connectivity index (χ0) is 21.6. The van der Waals surface area contributed by atoms with Crippen LogP contribution >= 0.6 is 11.3 Å². The molecule has 1 amide bonds. The highest BCUT2D eigenvalue weighted by atomic mass is 32.1. The molecule has 4 rings (SSSR count). The molecule has 5 heteroatoms. The van der Waals surface area contributed by atoms with Crippen LogP contribution in [0, 0.1) is 6.92 Å². The van der Waals surface area contributed by atoms with Crippen molar-refractivity contribution in [1.29, 1.82) is 0 Å². The summed E-state index contributed by atoms with van der Waals surface area (Å²) < 4.78 is 6.75. The standard InChI is InChI=1S/C26H24N2O2S/c1-3-16-30-22-12-5-19(6-13-22)7-15-25(29)27-21-10-8-20(9-11-21)26-28-23-14-4-18(2)17-24(23)31-26/h4-15,17H,3,16H2,1-2H3,(H,27,29)/b15-7+. The van der Waals surface area contributed by atoms with E-state index in [4.69, 9.17) is 9.72 Å². The van der Waals surface area contributed by atoms with Crippen molar-refractivity contribution in [2.24, 2.45) is 0 Å². The van der Waals surface area contributed by atoms with Gasteiger partial charge in [0.25, 0.3) is 0 Å². The molecule has 0 unspecified atom stereocenters. The lowest BCUT2D eigenvalue weighted by molar-refractivity contribution is -0.111. The van der Waals surface area contributed by atoms with E-state index in [1.54, 1.807) is 17.4 Å². The van der Waals surface area contributed by atoms with Crippen molar-refractivity contribution >= 4 is 39.2 Å². The summed E-state index contributed by atoms with van der Waals surface area (Å²) >= 11 is 1.68. The highest BCUT2D eigenvalue weighted by Crippen LogP contribution is 2.31. The summed E-state index contributed by atoms with van der Waals surface area (Å²) in [6, 6.07) is 21.7. The summed E-state index contributed by atoms with van der Waals surface area (Å²) in [6.45, 7) is 4.86. The van der Waals surface area contributed by atoms with Crippen LogP contribution in [0.1, 0.15) is 24.5 Å². The Labute approximate surface area is 186 Å². The number of nitrogens with zero attached hydrogens (tertiary/aromatic N) is 1. The number of benzene rings is 3. The van der Waals surface area contributed by atoms with Crippen molar-refractivity contribution in [3.63, 3.8) is 0 Å². The van der Waals surface area contributed by atoms with E-state index < -0.39 is 0 Å². The van der Waals surface area contributed by atoms with Crippen LogP contribution in [0.4, 0.5) is 5.69 Å². The second-order valence-electron chi connectivity index (χ2n) is 7.31. The lowest BCUT2D eigenvalue weighted by Crippen LogP contribution is -2.07. The molecule has 1 aromatic heterocycles. The van der Waals surface area contributed by atoms with Crippen molar-refractivity contribution in [3.8, 4) is 16.3 Å². The molecule has 0 aliphatic carbocycles. The summed E-state index contributed by atoms with van der Waals surface area (Å²) in [7, 11) is 0. The Kier molecular flexibility index (Phi) is 6.43. The Balaban J connectivity index is 1.37. The number of amides is 1. The lowest BCUT2D eigenvalue weighted by atomic mass is 10.2. The summed E-state index contributed by atoms with van der Waals surface area (Å²) in [4.78, 5) is 17.0. The Bertz CT molecular complexity index is 1210. The number of nitrogens with one attached hydrogen (secondary N) is 1. The highest BCUT2D eigenvalue weighted by Gasteiger charge is 2.07. The second-order valence-corrected chi connectivity index (χ2v) is 8.34. The first-order chi connectivity index (χ1) is 15.1. The Morgan fingerprint density at radius 2 is 1.84 bits per heavy atom. The minimum Gasteiger partial charge on any atom is -0.494 e. The molecule has 0 bridgehead atoms. The van der Waals surface area contributed by atoms with Crippen LogP contribution in [0.2, 0.25) is 0 Å². The molecule has 0 radical (unpaired) electrons. The van der Waals surface area contributed by atoms with Crippen LogP contribution in [0.3, 0.4) is 0 Å². The minimum atomic E-state index is -0.172. The number of anilines is 1. The van der Waals surface area contributed by atoms with E-state index in [0.29, 0.717) is 6.61 Å². The molecule has 3 aromatic carbocycles. The summed E-state index contributed by atoms with van der Waals surface area (Å²) in [6.07, 6.45) is 4.30. The highest BCUT2D eigenvalue weighted by molar-refractivity contribution is 7.21. The van der Waals surface area contributed by atoms with Gasteiger partial charge in [0, 0.05) is 17.3 Å². The van der Waals surface area contributed by atoms with E-state index in [0.717, 1.165) is 39.5 Å². The second kappa shape index (κ2) is 9.58. The molecule has 0 aliphatic heterocycles. The van der Waals surface area contributed by atoms with Crippen LogP contribution in [0.25, 0.3) is 26.9 Å². The van der Waals surface area contributed by atoms with Gasteiger partial charge in [-0.2, -0.15) is 0 Å². The number of rotatable bonds is 7. The van der Waals surface area contributed by atoms with Crippen molar-refractivity contribution in [1.82, 2.24) is 4.98 Å². The maximum absolute atomic E-state index is 12.3. The van der Waals surface area contributed by atoms with Gasteiger partial charge in [-0.05, 0) is 79.1 Å². The first kappa shape index (κ1) is 20.8. The van der Waals surface area contributed by atoms with E-state index in [2.05, 4.69) is 37.4 Å². The van der Waals surface area contributed by atoms with E-state index in [-0.39, 0.29) is 5.91 Å². The number of carbonyl (C=O) groups is 1. The molecule has 156 valence electrons. The van der Waals surface area contributed by atoms with Crippen LogP contribution in [0.15, 0.2) is 72.8 Å². The topological polar surface area (TPSA) is 51.2 Å². The molecule has 4 aromatic rings. The third kappa shape index (κ3) is 5.38. The molecule has 0 spiro atoms. The molecule has 31 heavy (non-hydrogen) atoms. The predicted octanol–water partition coefficient (Wildman–Crippen LogP) is 6.71. The normalized spacial score (nSPS) is 11.2. The van der Waals surface area contributed by atoms with Gasteiger partial charge in [-0.25, -0.2) is 4.98 Å². The zero-order valence-corrected chi connectivity index (χ0v) is 18.4. The Morgan fingerprint density at radius 1 is 1.06 bits per heavy atom. The van der Waals surface area contributed by atoms with Gasteiger partial charge >= 0.3 is 0 Å². The number of thiazole rings is 1. The summed E-state index contributed by atoms with van der Waals surface area (Å²) in [5, 5.41) is 3.87. The number of carbonyl (C=O) groups excluding carboxylic acids is 1. The van der Waals surface area contributed by atoms with Crippen molar-refractivity contribution in [3.05, 3.63) is 83.9 Å². The molecule has 0 saturated heterocycles. The number of ether oxygens (including phenoxy) is 1. The fraction of sp³-hybridized carbons (Fsp3) is 0.154. The third-order valence-corrected chi connectivity index (χ3v) is 5.79.